The SMILES string of the molecule is CCCNC(c1cc(Cl)ccc1Cl)C1CCOC1. The lowest BCUT2D eigenvalue weighted by Crippen LogP contribution is -2.29. The van der Waals surface area contributed by atoms with Gasteiger partial charge in [0.1, 0.15) is 0 Å². The molecule has 1 aliphatic rings. The minimum atomic E-state index is 0.235. The van der Waals surface area contributed by atoms with Crippen molar-refractivity contribution in [2.45, 2.75) is 25.8 Å². The van der Waals surface area contributed by atoms with E-state index in [0.717, 1.165) is 48.2 Å². The molecule has 0 aliphatic carbocycles. The average Bonchev–Trinajstić information content (AvgIpc) is 2.88. The lowest BCUT2D eigenvalue weighted by molar-refractivity contribution is 0.176. The summed E-state index contributed by atoms with van der Waals surface area (Å²) in [4.78, 5) is 0. The standard InChI is InChI=1S/C14H19Cl2NO/c1-2-6-17-14(10-5-7-18-9-10)12-8-11(15)3-4-13(12)16/h3-4,8,10,14,17H,2,5-7,9H2,1H3. The molecule has 1 aromatic carbocycles. The van der Waals surface area contributed by atoms with E-state index >= 15 is 0 Å². The third-order valence-corrected chi connectivity index (χ3v) is 3.92. The van der Waals surface area contributed by atoms with Crippen LogP contribution in [0.2, 0.25) is 10.0 Å². The van der Waals surface area contributed by atoms with Gasteiger partial charge in [-0.2, -0.15) is 0 Å². The number of hydrogen-bond acceptors (Lipinski definition) is 2. The van der Waals surface area contributed by atoms with Gasteiger partial charge in [0.05, 0.1) is 6.61 Å². The van der Waals surface area contributed by atoms with Crippen molar-refractivity contribution in [3.8, 4) is 0 Å². The van der Waals surface area contributed by atoms with E-state index in [1.54, 1.807) is 0 Å². The monoisotopic (exact) mass is 287 g/mol. The molecule has 2 unspecified atom stereocenters. The molecular formula is C14H19Cl2NO. The summed E-state index contributed by atoms with van der Waals surface area (Å²) in [5.41, 5.74) is 1.09. The Morgan fingerprint density at radius 3 is 2.94 bits per heavy atom. The maximum Gasteiger partial charge on any atom is 0.0513 e. The van der Waals surface area contributed by atoms with Crippen LogP contribution in [0.15, 0.2) is 18.2 Å². The van der Waals surface area contributed by atoms with Crippen LogP contribution < -0.4 is 5.32 Å². The normalized spacial score (nSPS) is 21.2. The van der Waals surface area contributed by atoms with Gasteiger partial charge < -0.3 is 10.1 Å². The molecule has 18 heavy (non-hydrogen) atoms. The van der Waals surface area contributed by atoms with Crippen LogP contribution in [-0.2, 0) is 4.74 Å². The zero-order valence-electron chi connectivity index (χ0n) is 10.6. The summed E-state index contributed by atoms with van der Waals surface area (Å²) in [6.45, 7) is 4.77. The highest BCUT2D eigenvalue weighted by molar-refractivity contribution is 6.33. The molecule has 2 rings (SSSR count). The van der Waals surface area contributed by atoms with Crippen LogP contribution in [0.5, 0.6) is 0 Å². The summed E-state index contributed by atoms with van der Waals surface area (Å²) in [6.07, 6.45) is 2.17. The van der Waals surface area contributed by atoms with Crippen LogP contribution >= 0.6 is 23.2 Å². The van der Waals surface area contributed by atoms with E-state index in [4.69, 9.17) is 27.9 Å². The Kier molecular flexibility index (Phi) is 5.31. The summed E-state index contributed by atoms with van der Waals surface area (Å²) in [6, 6.07) is 5.90. The summed E-state index contributed by atoms with van der Waals surface area (Å²) in [5, 5.41) is 5.08. The van der Waals surface area contributed by atoms with Crippen molar-refractivity contribution in [2.24, 2.45) is 5.92 Å². The highest BCUT2D eigenvalue weighted by atomic mass is 35.5. The highest BCUT2D eigenvalue weighted by Crippen LogP contribution is 2.34. The summed E-state index contributed by atoms with van der Waals surface area (Å²) in [5.74, 6) is 0.479. The quantitative estimate of drug-likeness (QED) is 0.881. The van der Waals surface area contributed by atoms with Crippen LogP contribution in [0.3, 0.4) is 0 Å². The molecule has 1 aliphatic heterocycles. The third kappa shape index (κ3) is 3.39. The van der Waals surface area contributed by atoms with Crippen LogP contribution in [0.1, 0.15) is 31.4 Å². The smallest absolute Gasteiger partial charge is 0.0513 e. The van der Waals surface area contributed by atoms with Crippen molar-refractivity contribution < 1.29 is 4.74 Å². The van der Waals surface area contributed by atoms with Gasteiger partial charge in [0, 0.05) is 28.6 Å². The average molecular weight is 288 g/mol. The van der Waals surface area contributed by atoms with Crippen LogP contribution in [0.4, 0.5) is 0 Å². The van der Waals surface area contributed by atoms with E-state index < -0.39 is 0 Å². The summed E-state index contributed by atoms with van der Waals surface area (Å²) >= 11 is 12.4. The maximum atomic E-state index is 6.31. The molecule has 1 heterocycles. The number of benzene rings is 1. The first kappa shape index (κ1) is 14.1. The van der Waals surface area contributed by atoms with Crippen molar-refractivity contribution in [1.29, 1.82) is 0 Å². The molecule has 0 radical (unpaired) electrons. The molecule has 0 aromatic heterocycles. The Bertz CT molecular complexity index is 391. The van der Waals surface area contributed by atoms with Crippen molar-refractivity contribution in [2.75, 3.05) is 19.8 Å². The van der Waals surface area contributed by atoms with Gasteiger partial charge in [-0.15, -0.1) is 0 Å². The summed E-state index contributed by atoms with van der Waals surface area (Å²) in [7, 11) is 0. The predicted octanol–water partition coefficient (Wildman–Crippen LogP) is 4.07. The lowest BCUT2D eigenvalue weighted by Gasteiger charge is -2.25. The van der Waals surface area contributed by atoms with Gasteiger partial charge in [0.2, 0.25) is 0 Å². The lowest BCUT2D eigenvalue weighted by atomic mass is 9.92. The first-order valence-corrected chi connectivity index (χ1v) is 7.24. The molecule has 0 amide bonds. The molecular weight excluding hydrogens is 269 g/mol. The van der Waals surface area contributed by atoms with E-state index in [-0.39, 0.29) is 6.04 Å². The number of halogens is 2. The van der Waals surface area contributed by atoms with E-state index in [0.29, 0.717) is 5.92 Å². The predicted molar refractivity (Wildman–Crippen MR) is 76.4 cm³/mol. The van der Waals surface area contributed by atoms with Crippen molar-refractivity contribution in [3.63, 3.8) is 0 Å². The molecule has 0 saturated carbocycles. The van der Waals surface area contributed by atoms with Crippen LogP contribution in [0, 0.1) is 5.92 Å². The zero-order valence-corrected chi connectivity index (χ0v) is 12.1. The van der Waals surface area contributed by atoms with Crippen molar-refractivity contribution in [3.05, 3.63) is 33.8 Å². The van der Waals surface area contributed by atoms with Crippen LogP contribution in [0.25, 0.3) is 0 Å². The third-order valence-electron chi connectivity index (χ3n) is 3.34. The number of ether oxygens (including phenoxy) is 1. The Balaban J connectivity index is 2.23. The first-order valence-electron chi connectivity index (χ1n) is 6.48. The molecule has 2 nitrogen and oxygen atoms in total. The Labute approximate surface area is 119 Å². The van der Waals surface area contributed by atoms with Gasteiger partial charge in [0.25, 0.3) is 0 Å². The van der Waals surface area contributed by atoms with Crippen molar-refractivity contribution in [1.82, 2.24) is 5.32 Å². The fourth-order valence-electron chi connectivity index (χ4n) is 2.40. The van der Waals surface area contributed by atoms with Gasteiger partial charge in [-0.1, -0.05) is 30.1 Å². The second kappa shape index (κ2) is 6.76. The molecule has 1 aromatic rings. The first-order chi connectivity index (χ1) is 8.72. The number of rotatable bonds is 5. The Morgan fingerprint density at radius 1 is 1.44 bits per heavy atom. The van der Waals surface area contributed by atoms with E-state index in [1.165, 1.54) is 0 Å². The molecule has 0 spiro atoms. The van der Waals surface area contributed by atoms with Gasteiger partial charge in [0.15, 0.2) is 0 Å². The second-order valence-electron chi connectivity index (χ2n) is 4.72. The van der Waals surface area contributed by atoms with E-state index in [1.807, 2.05) is 18.2 Å². The number of hydrogen-bond donors (Lipinski definition) is 1. The van der Waals surface area contributed by atoms with Gasteiger partial charge in [-0.05, 0) is 43.1 Å². The topological polar surface area (TPSA) is 21.3 Å². The Hall–Kier alpha value is -0.280. The zero-order chi connectivity index (χ0) is 13.0. The molecule has 1 N–H and O–H groups in total. The molecule has 1 fully saturated rings. The highest BCUT2D eigenvalue weighted by Gasteiger charge is 2.28. The molecule has 2 atom stereocenters. The molecule has 0 bridgehead atoms. The van der Waals surface area contributed by atoms with E-state index in [9.17, 15) is 0 Å². The van der Waals surface area contributed by atoms with E-state index in [2.05, 4.69) is 12.2 Å². The molecule has 4 heteroatoms. The van der Waals surface area contributed by atoms with Gasteiger partial charge in [-0.25, -0.2) is 0 Å². The van der Waals surface area contributed by atoms with Crippen molar-refractivity contribution >= 4 is 23.2 Å². The van der Waals surface area contributed by atoms with Crippen LogP contribution in [-0.4, -0.2) is 19.8 Å². The molecule has 1 saturated heterocycles. The largest absolute Gasteiger partial charge is 0.381 e. The fraction of sp³-hybridized carbons (Fsp3) is 0.571. The Morgan fingerprint density at radius 2 is 2.28 bits per heavy atom. The minimum absolute atomic E-state index is 0.235. The van der Waals surface area contributed by atoms with Gasteiger partial charge >= 0.3 is 0 Å². The minimum Gasteiger partial charge on any atom is -0.381 e. The summed E-state index contributed by atoms with van der Waals surface area (Å²) < 4.78 is 5.49. The fourth-order valence-corrected chi connectivity index (χ4v) is 2.81. The second-order valence-corrected chi connectivity index (χ2v) is 5.56. The number of nitrogens with one attached hydrogen (secondary N) is 1. The maximum absolute atomic E-state index is 6.31. The molecule has 100 valence electrons. The van der Waals surface area contributed by atoms with Gasteiger partial charge in [-0.3, -0.25) is 0 Å².